The van der Waals surface area contributed by atoms with Crippen LogP contribution in [0, 0.1) is 0 Å². The molecule has 0 saturated heterocycles. The number of benzene rings is 3. The van der Waals surface area contributed by atoms with Gasteiger partial charge in [0.1, 0.15) is 5.75 Å². The Morgan fingerprint density at radius 1 is 0.971 bits per heavy atom. The second kappa shape index (κ2) is 12.1. The maximum atomic E-state index is 12.6. The highest BCUT2D eigenvalue weighted by Crippen LogP contribution is 2.36. The summed E-state index contributed by atoms with van der Waals surface area (Å²) >= 11 is 12.0. The zero-order valence-electron chi connectivity index (χ0n) is 18.7. The zero-order chi connectivity index (χ0) is 24.6. The average molecular weight is 521 g/mol. The summed E-state index contributed by atoms with van der Waals surface area (Å²) in [4.78, 5) is 12.3. The molecule has 1 amide bonds. The van der Waals surface area contributed by atoms with E-state index in [9.17, 15) is 13.2 Å². The number of amides is 1. The minimum absolute atomic E-state index is 0.106. The van der Waals surface area contributed by atoms with Crippen LogP contribution in [0.3, 0.4) is 0 Å². The first-order chi connectivity index (χ1) is 16.2. The number of rotatable bonds is 11. The predicted molar refractivity (Wildman–Crippen MR) is 138 cm³/mol. The van der Waals surface area contributed by atoms with Crippen LogP contribution in [0.4, 0.5) is 5.69 Å². The molecule has 3 aromatic rings. The summed E-state index contributed by atoms with van der Waals surface area (Å²) < 4.78 is 32.3. The first-order valence-electron chi connectivity index (χ1n) is 10.7. The summed E-state index contributed by atoms with van der Waals surface area (Å²) in [6.45, 7) is 0.592. The fourth-order valence-corrected chi connectivity index (χ4v) is 4.57. The Morgan fingerprint density at radius 3 is 2.32 bits per heavy atom. The van der Waals surface area contributed by atoms with Crippen LogP contribution in [0.1, 0.15) is 18.4 Å². The third-order valence-corrected chi connectivity index (χ3v) is 6.64. The second-order valence-corrected chi connectivity index (χ2v) is 10.5. The summed E-state index contributed by atoms with van der Waals surface area (Å²) in [7, 11) is -3.65. The van der Waals surface area contributed by atoms with E-state index in [1.54, 1.807) is 30.3 Å². The average Bonchev–Trinajstić information content (AvgIpc) is 2.79. The van der Waals surface area contributed by atoms with Crippen LogP contribution in [0.2, 0.25) is 10.0 Å². The molecule has 0 radical (unpaired) electrons. The van der Waals surface area contributed by atoms with E-state index >= 15 is 0 Å². The molecule has 1 N–H and O–H groups in total. The van der Waals surface area contributed by atoms with E-state index in [0.29, 0.717) is 46.6 Å². The van der Waals surface area contributed by atoms with Gasteiger partial charge in [0.05, 0.1) is 11.9 Å². The van der Waals surface area contributed by atoms with Gasteiger partial charge in [-0.1, -0.05) is 53.5 Å². The number of para-hydroxylation sites is 1. The molecule has 0 aromatic heterocycles. The van der Waals surface area contributed by atoms with Gasteiger partial charge in [-0.2, -0.15) is 0 Å². The van der Waals surface area contributed by atoms with Crippen molar-refractivity contribution in [1.29, 1.82) is 0 Å². The van der Waals surface area contributed by atoms with E-state index in [2.05, 4.69) is 5.32 Å². The predicted octanol–water partition coefficient (Wildman–Crippen LogP) is 5.69. The number of anilines is 1. The highest BCUT2D eigenvalue weighted by Gasteiger charge is 2.22. The van der Waals surface area contributed by atoms with Gasteiger partial charge in [-0.25, -0.2) is 8.42 Å². The minimum atomic E-state index is -3.65. The van der Waals surface area contributed by atoms with Gasteiger partial charge in [-0.05, 0) is 60.9 Å². The van der Waals surface area contributed by atoms with E-state index in [1.807, 2.05) is 42.5 Å². The summed E-state index contributed by atoms with van der Waals surface area (Å²) in [6, 6.07) is 21.3. The van der Waals surface area contributed by atoms with Crippen molar-refractivity contribution in [1.82, 2.24) is 5.32 Å². The van der Waals surface area contributed by atoms with Gasteiger partial charge in [0.15, 0.2) is 5.75 Å². The third kappa shape index (κ3) is 7.94. The maximum absolute atomic E-state index is 12.6. The molecule has 0 aliphatic rings. The van der Waals surface area contributed by atoms with Crippen LogP contribution in [-0.2, 0) is 21.2 Å². The van der Waals surface area contributed by atoms with Crippen molar-refractivity contribution in [3.8, 4) is 11.5 Å². The molecule has 9 heteroatoms. The lowest BCUT2D eigenvalue weighted by atomic mass is 10.1. The number of hydrogen-bond donors (Lipinski definition) is 1. The highest BCUT2D eigenvalue weighted by molar-refractivity contribution is 7.92. The van der Waals surface area contributed by atoms with Crippen molar-refractivity contribution < 1.29 is 17.9 Å². The molecule has 0 spiro atoms. The number of sulfonamides is 1. The molecule has 0 aliphatic heterocycles. The standard InChI is InChI=1S/C25H26Cl2N2O4S/c1-34(31,32)29(17-5-8-25(30)28-16-15-19-9-11-20(26)12-10-19)23-18-21(27)13-14-24(23)33-22-6-3-2-4-7-22/h2-4,6-7,9-14,18H,5,8,15-17H2,1H3,(H,28,30). The van der Waals surface area contributed by atoms with Crippen LogP contribution in [-0.4, -0.2) is 33.7 Å². The van der Waals surface area contributed by atoms with Gasteiger partial charge < -0.3 is 10.1 Å². The molecule has 0 saturated carbocycles. The number of carbonyl (C=O) groups excluding carboxylic acids is 1. The number of hydrogen-bond acceptors (Lipinski definition) is 4. The molecule has 3 aromatic carbocycles. The van der Waals surface area contributed by atoms with Crippen molar-refractivity contribution in [2.45, 2.75) is 19.3 Å². The van der Waals surface area contributed by atoms with E-state index in [1.165, 1.54) is 4.31 Å². The first-order valence-corrected chi connectivity index (χ1v) is 13.3. The van der Waals surface area contributed by atoms with Crippen LogP contribution >= 0.6 is 23.2 Å². The lowest BCUT2D eigenvalue weighted by Gasteiger charge is -2.25. The lowest BCUT2D eigenvalue weighted by Crippen LogP contribution is -2.32. The lowest BCUT2D eigenvalue weighted by molar-refractivity contribution is -0.121. The molecule has 0 bridgehead atoms. The van der Waals surface area contributed by atoms with Crippen LogP contribution in [0.5, 0.6) is 11.5 Å². The quantitative estimate of drug-likeness (QED) is 0.352. The van der Waals surface area contributed by atoms with Crippen LogP contribution in [0.25, 0.3) is 0 Å². The molecule has 34 heavy (non-hydrogen) atoms. The Labute approximate surface area is 210 Å². The van der Waals surface area contributed by atoms with Crippen molar-refractivity contribution in [3.05, 3.63) is 88.4 Å². The van der Waals surface area contributed by atoms with Gasteiger partial charge >= 0.3 is 0 Å². The molecular formula is C25H26Cl2N2O4S. The van der Waals surface area contributed by atoms with Crippen molar-refractivity contribution >= 4 is 44.8 Å². The molecule has 3 rings (SSSR count). The molecule has 0 unspecified atom stereocenters. The molecular weight excluding hydrogens is 495 g/mol. The first kappa shape index (κ1) is 25.9. The minimum Gasteiger partial charge on any atom is -0.455 e. The van der Waals surface area contributed by atoms with Crippen LogP contribution in [0.15, 0.2) is 72.8 Å². The number of carbonyl (C=O) groups is 1. The van der Waals surface area contributed by atoms with E-state index in [0.717, 1.165) is 11.8 Å². The van der Waals surface area contributed by atoms with Crippen molar-refractivity contribution in [3.63, 3.8) is 0 Å². The van der Waals surface area contributed by atoms with E-state index in [-0.39, 0.29) is 18.9 Å². The fourth-order valence-electron chi connectivity index (χ4n) is 3.32. The van der Waals surface area contributed by atoms with Crippen LogP contribution < -0.4 is 14.4 Å². The highest BCUT2D eigenvalue weighted by atomic mass is 35.5. The normalized spacial score (nSPS) is 11.1. The Balaban J connectivity index is 1.61. The van der Waals surface area contributed by atoms with Crippen molar-refractivity contribution in [2.24, 2.45) is 0 Å². The zero-order valence-corrected chi connectivity index (χ0v) is 21.0. The molecule has 0 heterocycles. The number of nitrogens with one attached hydrogen (secondary N) is 1. The van der Waals surface area contributed by atoms with Gasteiger partial charge in [0.25, 0.3) is 0 Å². The second-order valence-electron chi connectivity index (χ2n) is 7.69. The Hall–Kier alpha value is -2.74. The summed E-state index contributed by atoms with van der Waals surface area (Å²) in [5.74, 6) is 0.780. The fraction of sp³-hybridized carbons (Fsp3) is 0.240. The van der Waals surface area contributed by atoms with Crippen molar-refractivity contribution in [2.75, 3.05) is 23.7 Å². The number of ether oxygens (including phenoxy) is 1. The number of halogens is 2. The van der Waals surface area contributed by atoms with E-state index in [4.69, 9.17) is 27.9 Å². The molecule has 180 valence electrons. The topological polar surface area (TPSA) is 75.7 Å². The monoisotopic (exact) mass is 520 g/mol. The molecule has 6 nitrogen and oxygen atoms in total. The summed E-state index contributed by atoms with van der Waals surface area (Å²) in [6.07, 6.45) is 2.31. The molecule has 0 aliphatic carbocycles. The largest absolute Gasteiger partial charge is 0.455 e. The molecule has 0 fully saturated rings. The number of nitrogens with zero attached hydrogens (tertiary/aromatic N) is 1. The third-order valence-electron chi connectivity index (χ3n) is 4.98. The smallest absolute Gasteiger partial charge is 0.232 e. The van der Waals surface area contributed by atoms with E-state index < -0.39 is 10.0 Å². The maximum Gasteiger partial charge on any atom is 0.232 e. The Morgan fingerprint density at radius 2 is 1.65 bits per heavy atom. The Bertz CT molecular complexity index is 1200. The molecule has 0 atom stereocenters. The summed E-state index contributed by atoms with van der Waals surface area (Å²) in [5, 5.41) is 3.91. The van der Waals surface area contributed by atoms with Gasteiger partial charge in [0, 0.05) is 29.6 Å². The van der Waals surface area contributed by atoms with Gasteiger partial charge in [0.2, 0.25) is 15.9 Å². The SMILES string of the molecule is CS(=O)(=O)N(CCCC(=O)NCCc1ccc(Cl)cc1)c1cc(Cl)ccc1Oc1ccccc1. The van der Waals surface area contributed by atoms with Gasteiger partial charge in [-0.15, -0.1) is 0 Å². The Kier molecular flexibility index (Phi) is 9.21. The van der Waals surface area contributed by atoms with Gasteiger partial charge in [-0.3, -0.25) is 9.10 Å². The summed E-state index contributed by atoms with van der Waals surface area (Å²) in [5.41, 5.74) is 1.39.